The molecule has 2 N–H and O–H groups in total. The number of ether oxygens (including phenoxy) is 1. The summed E-state index contributed by atoms with van der Waals surface area (Å²) in [5.74, 6) is 2.52. The van der Waals surface area contributed by atoms with Crippen LogP contribution in [-0.2, 0) is 29.2 Å². The number of H-pyrrole nitrogens is 1. The van der Waals surface area contributed by atoms with Gasteiger partial charge in [0, 0.05) is 49.3 Å². The number of fused-ring (bicyclic) bond motifs is 1. The second kappa shape index (κ2) is 10.6. The lowest BCUT2D eigenvalue weighted by Crippen LogP contribution is -2.39. The number of carbonyl (C=O) groups is 1. The predicted octanol–water partition coefficient (Wildman–Crippen LogP) is 3.48. The van der Waals surface area contributed by atoms with Gasteiger partial charge in [-0.25, -0.2) is 13.4 Å². The Bertz CT molecular complexity index is 1600. The van der Waals surface area contributed by atoms with Crippen molar-refractivity contribution in [2.24, 2.45) is 0 Å². The van der Waals surface area contributed by atoms with Gasteiger partial charge >= 0.3 is 0 Å². The van der Waals surface area contributed by atoms with Crippen molar-refractivity contribution in [1.82, 2.24) is 20.1 Å². The zero-order valence-corrected chi connectivity index (χ0v) is 22.2. The standard InChI is InChI=1S/C29H29N5O4S/c35-29(24-3-1-2-21(17-24)19-34-11-14-39(36,37)15-12-34)30-25-7-5-22(6-8-25)28-31-27(32-33-28)18-20-4-9-26-23(16-20)10-13-38-26/h1-9,16-17H,10-15,18-19H2,(H,30,35)(H,31,32,33). The molecule has 4 aromatic rings. The summed E-state index contributed by atoms with van der Waals surface area (Å²) in [6.07, 6.45) is 1.59. The second-order valence-corrected chi connectivity index (χ2v) is 12.3. The average Bonchev–Trinajstić information content (AvgIpc) is 3.60. The number of anilines is 1. The number of sulfone groups is 1. The zero-order valence-electron chi connectivity index (χ0n) is 21.4. The summed E-state index contributed by atoms with van der Waals surface area (Å²) >= 11 is 0. The van der Waals surface area contributed by atoms with Crippen LogP contribution in [0.15, 0.2) is 66.7 Å². The highest BCUT2D eigenvalue weighted by Crippen LogP contribution is 2.27. The van der Waals surface area contributed by atoms with Crippen molar-refractivity contribution in [3.05, 3.63) is 94.8 Å². The number of aromatic amines is 1. The fourth-order valence-electron chi connectivity index (χ4n) is 4.93. The van der Waals surface area contributed by atoms with Gasteiger partial charge in [-0.1, -0.05) is 24.3 Å². The normalized spacial score (nSPS) is 16.4. The van der Waals surface area contributed by atoms with E-state index in [9.17, 15) is 13.2 Å². The first-order valence-corrected chi connectivity index (χ1v) is 14.8. The molecule has 0 radical (unpaired) electrons. The molecule has 6 rings (SSSR count). The van der Waals surface area contributed by atoms with E-state index in [4.69, 9.17) is 4.74 Å². The summed E-state index contributed by atoms with van der Waals surface area (Å²) in [6.45, 7) is 2.38. The maximum absolute atomic E-state index is 12.9. The number of hydrogen-bond donors (Lipinski definition) is 2. The van der Waals surface area contributed by atoms with Gasteiger partial charge in [0.15, 0.2) is 15.7 Å². The minimum Gasteiger partial charge on any atom is -0.493 e. The number of nitrogens with one attached hydrogen (secondary N) is 2. The maximum Gasteiger partial charge on any atom is 0.255 e. The summed E-state index contributed by atoms with van der Waals surface area (Å²) in [4.78, 5) is 19.7. The molecule has 1 fully saturated rings. The molecule has 2 aliphatic rings. The molecule has 1 saturated heterocycles. The lowest BCUT2D eigenvalue weighted by atomic mass is 10.1. The fraction of sp³-hybridized carbons (Fsp3) is 0.276. The van der Waals surface area contributed by atoms with Crippen LogP contribution in [0.3, 0.4) is 0 Å². The van der Waals surface area contributed by atoms with E-state index in [1.54, 1.807) is 6.07 Å². The smallest absolute Gasteiger partial charge is 0.255 e. The Labute approximate surface area is 227 Å². The lowest BCUT2D eigenvalue weighted by Gasteiger charge is -2.26. The number of rotatable bonds is 7. The van der Waals surface area contributed by atoms with Crippen molar-refractivity contribution in [2.75, 3.05) is 36.5 Å². The minimum absolute atomic E-state index is 0.183. The Balaban J connectivity index is 1.06. The minimum atomic E-state index is -2.92. The summed E-state index contributed by atoms with van der Waals surface area (Å²) < 4.78 is 28.9. The molecule has 10 heteroatoms. The Morgan fingerprint density at radius 3 is 2.64 bits per heavy atom. The van der Waals surface area contributed by atoms with Crippen LogP contribution in [0.1, 0.15) is 32.9 Å². The number of nitrogens with zero attached hydrogens (tertiary/aromatic N) is 3. The van der Waals surface area contributed by atoms with E-state index in [0.29, 0.717) is 43.1 Å². The van der Waals surface area contributed by atoms with Gasteiger partial charge in [0.05, 0.1) is 18.1 Å². The van der Waals surface area contributed by atoms with Gasteiger partial charge in [0.25, 0.3) is 5.91 Å². The van der Waals surface area contributed by atoms with E-state index in [1.807, 2.05) is 48.5 Å². The Kier molecular flexibility index (Phi) is 6.88. The van der Waals surface area contributed by atoms with Crippen LogP contribution in [0, 0.1) is 0 Å². The van der Waals surface area contributed by atoms with Crippen LogP contribution in [0.4, 0.5) is 5.69 Å². The molecule has 9 nitrogen and oxygen atoms in total. The van der Waals surface area contributed by atoms with Crippen molar-refractivity contribution in [1.29, 1.82) is 0 Å². The van der Waals surface area contributed by atoms with Crippen LogP contribution in [0.25, 0.3) is 11.4 Å². The monoisotopic (exact) mass is 543 g/mol. The van der Waals surface area contributed by atoms with Gasteiger partial charge < -0.3 is 10.1 Å². The van der Waals surface area contributed by atoms with Crippen molar-refractivity contribution in [2.45, 2.75) is 19.4 Å². The summed E-state index contributed by atoms with van der Waals surface area (Å²) in [5, 5.41) is 10.4. The van der Waals surface area contributed by atoms with Crippen molar-refractivity contribution in [3.8, 4) is 17.1 Å². The van der Waals surface area contributed by atoms with E-state index in [-0.39, 0.29) is 17.4 Å². The Morgan fingerprint density at radius 2 is 1.82 bits per heavy atom. The third-order valence-corrected chi connectivity index (χ3v) is 8.70. The first-order valence-electron chi connectivity index (χ1n) is 13.0. The van der Waals surface area contributed by atoms with Gasteiger partial charge in [-0.2, -0.15) is 5.10 Å². The second-order valence-electron chi connectivity index (χ2n) is 9.98. The molecule has 2 aliphatic heterocycles. The summed E-state index contributed by atoms with van der Waals surface area (Å²) in [7, 11) is -2.92. The molecule has 200 valence electrons. The molecular weight excluding hydrogens is 514 g/mol. The highest BCUT2D eigenvalue weighted by Gasteiger charge is 2.21. The number of carbonyl (C=O) groups excluding carboxylic acids is 1. The quantitative estimate of drug-likeness (QED) is 0.367. The van der Waals surface area contributed by atoms with E-state index in [2.05, 4.69) is 37.5 Å². The molecule has 0 unspecified atom stereocenters. The summed E-state index contributed by atoms with van der Waals surface area (Å²) in [6, 6.07) is 21.1. The van der Waals surface area contributed by atoms with Gasteiger partial charge in [-0.15, -0.1) is 0 Å². The van der Waals surface area contributed by atoms with E-state index in [1.165, 1.54) is 5.56 Å². The molecule has 0 bridgehead atoms. The topological polar surface area (TPSA) is 117 Å². The highest BCUT2D eigenvalue weighted by molar-refractivity contribution is 7.91. The number of benzene rings is 3. The van der Waals surface area contributed by atoms with E-state index < -0.39 is 9.84 Å². The first-order chi connectivity index (χ1) is 18.9. The maximum atomic E-state index is 12.9. The van der Waals surface area contributed by atoms with E-state index in [0.717, 1.165) is 41.3 Å². The molecule has 1 aromatic heterocycles. The van der Waals surface area contributed by atoms with Crippen LogP contribution in [-0.4, -0.2) is 65.6 Å². The van der Waals surface area contributed by atoms with Crippen molar-refractivity contribution < 1.29 is 17.9 Å². The molecule has 39 heavy (non-hydrogen) atoms. The summed E-state index contributed by atoms with van der Waals surface area (Å²) in [5.41, 5.74) is 5.45. The third kappa shape index (κ3) is 6.02. The first kappa shape index (κ1) is 25.3. The molecule has 0 spiro atoms. The van der Waals surface area contributed by atoms with Gasteiger partial charge in [-0.3, -0.25) is 14.8 Å². The molecule has 3 aromatic carbocycles. The number of amides is 1. The van der Waals surface area contributed by atoms with Crippen molar-refractivity contribution in [3.63, 3.8) is 0 Å². The molecule has 3 heterocycles. The van der Waals surface area contributed by atoms with Crippen LogP contribution in [0.5, 0.6) is 5.75 Å². The van der Waals surface area contributed by atoms with Gasteiger partial charge in [0.1, 0.15) is 11.6 Å². The Hall–Kier alpha value is -4.02. The lowest BCUT2D eigenvalue weighted by molar-refractivity contribution is 0.102. The van der Waals surface area contributed by atoms with Crippen LogP contribution >= 0.6 is 0 Å². The molecule has 1 amide bonds. The fourth-order valence-corrected chi connectivity index (χ4v) is 6.21. The van der Waals surface area contributed by atoms with E-state index >= 15 is 0 Å². The van der Waals surface area contributed by atoms with Gasteiger partial charge in [-0.05, 0) is 59.2 Å². The van der Waals surface area contributed by atoms with Crippen LogP contribution < -0.4 is 10.1 Å². The largest absolute Gasteiger partial charge is 0.493 e. The SMILES string of the molecule is O=C(Nc1ccc(-c2n[nH]c(Cc3ccc4c(c3)CCO4)n2)cc1)c1cccc(CN2CCS(=O)(=O)CC2)c1. The van der Waals surface area contributed by atoms with Crippen LogP contribution in [0.2, 0.25) is 0 Å². The Morgan fingerprint density at radius 1 is 1.00 bits per heavy atom. The molecular formula is C29H29N5O4S. The number of hydrogen-bond acceptors (Lipinski definition) is 7. The molecule has 0 saturated carbocycles. The predicted molar refractivity (Wildman–Crippen MR) is 149 cm³/mol. The molecule has 0 atom stereocenters. The molecule has 0 aliphatic carbocycles. The number of aromatic nitrogens is 3. The third-order valence-electron chi connectivity index (χ3n) is 7.09. The highest BCUT2D eigenvalue weighted by atomic mass is 32.2. The zero-order chi connectivity index (χ0) is 26.8. The van der Waals surface area contributed by atoms with Gasteiger partial charge in [0.2, 0.25) is 0 Å². The average molecular weight is 544 g/mol. The van der Waals surface area contributed by atoms with Crippen molar-refractivity contribution >= 4 is 21.4 Å².